The Hall–Kier alpha value is -2.18. The van der Waals surface area contributed by atoms with Crippen molar-refractivity contribution in [2.45, 2.75) is 39.4 Å². The van der Waals surface area contributed by atoms with Gasteiger partial charge in [0.1, 0.15) is 11.0 Å². The Balaban J connectivity index is 1.67. The lowest BCUT2D eigenvalue weighted by Crippen LogP contribution is -2.45. The third-order valence-corrected chi connectivity index (χ3v) is 4.71. The van der Waals surface area contributed by atoms with E-state index in [-0.39, 0.29) is 30.4 Å². The van der Waals surface area contributed by atoms with Crippen molar-refractivity contribution in [2.75, 3.05) is 23.3 Å². The molecule has 1 amide bonds. The second kappa shape index (κ2) is 8.23. The van der Waals surface area contributed by atoms with Crippen molar-refractivity contribution in [1.82, 2.24) is 4.98 Å². The van der Waals surface area contributed by atoms with Crippen LogP contribution in [-0.2, 0) is 16.0 Å². The van der Waals surface area contributed by atoms with Crippen LogP contribution in [0.15, 0.2) is 30.3 Å². The van der Waals surface area contributed by atoms with Gasteiger partial charge >= 0.3 is 0 Å². The zero-order valence-corrected chi connectivity index (χ0v) is 16.4. The molecule has 0 bridgehead atoms. The van der Waals surface area contributed by atoms with Crippen molar-refractivity contribution in [1.29, 1.82) is 0 Å². The molecule has 1 aliphatic rings. The van der Waals surface area contributed by atoms with Crippen LogP contribution in [0.4, 0.5) is 15.8 Å². The van der Waals surface area contributed by atoms with Crippen LogP contribution in [0.5, 0.6) is 0 Å². The number of benzene rings is 1. The van der Waals surface area contributed by atoms with Gasteiger partial charge < -0.3 is 15.0 Å². The monoisotopic (exact) mass is 391 g/mol. The minimum atomic E-state index is -0.363. The van der Waals surface area contributed by atoms with Gasteiger partial charge in [-0.25, -0.2) is 9.37 Å². The van der Waals surface area contributed by atoms with E-state index in [2.05, 4.69) is 10.3 Å². The zero-order chi connectivity index (χ0) is 19.6. The summed E-state index contributed by atoms with van der Waals surface area (Å²) in [4.78, 5) is 18.4. The molecule has 1 N–H and O–H groups in total. The third-order valence-electron chi connectivity index (χ3n) is 4.50. The molecule has 1 fully saturated rings. The standard InChI is InChI=1S/C20H23ClFN3O2/c1-12-10-25(11-13(2)27-12)18-6-5-16(9-17(18)22)24-20(26)8-15-4-7-19(21)23-14(15)3/h4-7,9,12-13H,8,10-11H2,1-3H3,(H,24,26)/t12-,13-/m1/s1. The van der Waals surface area contributed by atoms with Crippen molar-refractivity contribution in [2.24, 2.45) is 0 Å². The number of morpholine rings is 1. The number of halogens is 2. The van der Waals surface area contributed by atoms with Gasteiger partial charge in [-0.15, -0.1) is 0 Å². The van der Waals surface area contributed by atoms with E-state index in [1.807, 2.05) is 18.7 Å². The summed E-state index contributed by atoms with van der Waals surface area (Å²) in [6.07, 6.45) is 0.241. The molecule has 0 aliphatic carbocycles. The van der Waals surface area contributed by atoms with Gasteiger partial charge in [0.05, 0.1) is 24.3 Å². The summed E-state index contributed by atoms with van der Waals surface area (Å²) < 4.78 is 20.3. The number of anilines is 2. The fraction of sp³-hybridized carbons (Fsp3) is 0.400. The van der Waals surface area contributed by atoms with Crippen molar-refractivity contribution >= 4 is 28.9 Å². The fourth-order valence-electron chi connectivity index (χ4n) is 3.34. The summed E-state index contributed by atoms with van der Waals surface area (Å²) in [5, 5.41) is 3.13. The minimum absolute atomic E-state index is 0.0451. The lowest BCUT2D eigenvalue weighted by Gasteiger charge is -2.37. The molecule has 0 saturated carbocycles. The van der Waals surface area contributed by atoms with Gasteiger partial charge in [0.25, 0.3) is 0 Å². The molecule has 3 rings (SSSR count). The molecule has 5 nitrogen and oxygen atoms in total. The molecular formula is C20H23ClFN3O2. The molecule has 2 heterocycles. The van der Waals surface area contributed by atoms with E-state index in [0.29, 0.717) is 35.3 Å². The number of ether oxygens (including phenoxy) is 1. The summed E-state index contributed by atoms with van der Waals surface area (Å²) in [5.41, 5.74) is 2.43. The molecule has 1 aromatic heterocycles. The van der Waals surface area contributed by atoms with Crippen molar-refractivity contribution in [3.63, 3.8) is 0 Å². The fourth-order valence-corrected chi connectivity index (χ4v) is 3.53. The van der Waals surface area contributed by atoms with Gasteiger partial charge in [0, 0.05) is 24.5 Å². The Labute approximate surface area is 163 Å². The first-order valence-electron chi connectivity index (χ1n) is 8.93. The second-order valence-electron chi connectivity index (χ2n) is 6.93. The van der Waals surface area contributed by atoms with Crippen LogP contribution in [0.2, 0.25) is 5.15 Å². The maximum Gasteiger partial charge on any atom is 0.228 e. The van der Waals surface area contributed by atoms with Crippen LogP contribution in [-0.4, -0.2) is 36.2 Å². The molecule has 0 unspecified atom stereocenters. The van der Waals surface area contributed by atoms with Crippen LogP contribution >= 0.6 is 11.6 Å². The van der Waals surface area contributed by atoms with Gasteiger partial charge in [0.2, 0.25) is 5.91 Å². The van der Waals surface area contributed by atoms with Gasteiger partial charge in [0.15, 0.2) is 0 Å². The Morgan fingerprint density at radius 1 is 1.30 bits per heavy atom. The highest BCUT2D eigenvalue weighted by Crippen LogP contribution is 2.26. The number of aromatic nitrogens is 1. The molecule has 7 heteroatoms. The molecule has 0 radical (unpaired) electrons. The zero-order valence-electron chi connectivity index (χ0n) is 15.6. The van der Waals surface area contributed by atoms with Crippen LogP contribution in [0.1, 0.15) is 25.1 Å². The number of carbonyl (C=O) groups is 1. The van der Waals surface area contributed by atoms with Crippen LogP contribution in [0.25, 0.3) is 0 Å². The highest BCUT2D eigenvalue weighted by atomic mass is 35.5. The lowest BCUT2D eigenvalue weighted by atomic mass is 10.1. The lowest BCUT2D eigenvalue weighted by molar-refractivity contribution is -0.115. The topological polar surface area (TPSA) is 54.5 Å². The maximum absolute atomic E-state index is 14.6. The molecule has 1 aromatic carbocycles. The Morgan fingerprint density at radius 2 is 2.00 bits per heavy atom. The van der Waals surface area contributed by atoms with Gasteiger partial charge in [-0.3, -0.25) is 4.79 Å². The van der Waals surface area contributed by atoms with E-state index in [4.69, 9.17) is 16.3 Å². The first kappa shape index (κ1) is 19.6. The summed E-state index contributed by atoms with van der Waals surface area (Å²) >= 11 is 5.83. The number of hydrogen-bond donors (Lipinski definition) is 1. The molecule has 2 atom stereocenters. The second-order valence-corrected chi connectivity index (χ2v) is 7.32. The number of nitrogens with zero attached hydrogens (tertiary/aromatic N) is 2. The number of amides is 1. The quantitative estimate of drug-likeness (QED) is 0.801. The van der Waals surface area contributed by atoms with E-state index in [1.54, 1.807) is 31.2 Å². The highest BCUT2D eigenvalue weighted by Gasteiger charge is 2.24. The maximum atomic E-state index is 14.6. The predicted octanol–water partition coefficient (Wildman–Crippen LogP) is 3.98. The number of carbonyl (C=O) groups excluding carboxylic acids is 1. The molecule has 144 valence electrons. The number of hydrogen-bond acceptors (Lipinski definition) is 4. The number of aryl methyl sites for hydroxylation is 1. The molecule has 0 spiro atoms. The molecule has 1 aliphatic heterocycles. The normalized spacial score (nSPS) is 19.8. The van der Waals surface area contributed by atoms with Crippen molar-refractivity contribution < 1.29 is 13.9 Å². The van der Waals surface area contributed by atoms with E-state index in [0.717, 1.165) is 5.56 Å². The van der Waals surface area contributed by atoms with E-state index in [9.17, 15) is 9.18 Å². The minimum Gasteiger partial charge on any atom is -0.372 e. The average Bonchev–Trinajstić information content (AvgIpc) is 2.56. The Morgan fingerprint density at radius 3 is 2.63 bits per heavy atom. The largest absolute Gasteiger partial charge is 0.372 e. The predicted molar refractivity (Wildman–Crippen MR) is 105 cm³/mol. The number of nitrogens with one attached hydrogen (secondary N) is 1. The highest BCUT2D eigenvalue weighted by molar-refractivity contribution is 6.29. The van der Waals surface area contributed by atoms with E-state index >= 15 is 0 Å². The van der Waals surface area contributed by atoms with E-state index in [1.165, 1.54) is 6.07 Å². The number of pyridine rings is 1. The van der Waals surface area contributed by atoms with Crippen LogP contribution in [0, 0.1) is 12.7 Å². The number of rotatable bonds is 4. The first-order chi connectivity index (χ1) is 12.8. The SMILES string of the molecule is Cc1nc(Cl)ccc1CC(=O)Nc1ccc(N2C[C@@H](C)O[C@H](C)C2)c(F)c1. The average molecular weight is 392 g/mol. The van der Waals surface area contributed by atoms with Gasteiger partial charge in [-0.05, 0) is 50.6 Å². The van der Waals surface area contributed by atoms with Crippen LogP contribution in [0.3, 0.4) is 0 Å². The van der Waals surface area contributed by atoms with Crippen molar-refractivity contribution in [3.05, 3.63) is 52.6 Å². The van der Waals surface area contributed by atoms with Crippen molar-refractivity contribution in [3.8, 4) is 0 Å². The first-order valence-corrected chi connectivity index (χ1v) is 9.31. The van der Waals surface area contributed by atoms with Crippen LogP contribution < -0.4 is 10.2 Å². The third kappa shape index (κ3) is 4.96. The molecule has 27 heavy (non-hydrogen) atoms. The Kier molecular flexibility index (Phi) is 5.97. The summed E-state index contributed by atoms with van der Waals surface area (Å²) in [6, 6.07) is 8.19. The Bertz CT molecular complexity index is 836. The summed E-state index contributed by atoms with van der Waals surface area (Å²) in [6.45, 7) is 7.02. The van der Waals surface area contributed by atoms with Gasteiger partial charge in [-0.1, -0.05) is 17.7 Å². The summed E-state index contributed by atoms with van der Waals surface area (Å²) in [7, 11) is 0. The molecule has 1 saturated heterocycles. The summed E-state index contributed by atoms with van der Waals surface area (Å²) in [5.74, 6) is -0.596. The van der Waals surface area contributed by atoms with Gasteiger partial charge in [-0.2, -0.15) is 0 Å². The molecule has 2 aromatic rings. The van der Waals surface area contributed by atoms with E-state index < -0.39 is 0 Å². The molecular weight excluding hydrogens is 369 g/mol. The smallest absolute Gasteiger partial charge is 0.228 e.